The van der Waals surface area contributed by atoms with E-state index in [9.17, 15) is 9.90 Å². The number of aliphatic hydroxyl groups excluding tert-OH is 1. The van der Waals surface area contributed by atoms with E-state index in [1.807, 2.05) is 0 Å². The molecule has 0 heterocycles. The van der Waals surface area contributed by atoms with Gasteiger partial charge >= 0.3 is 0 Å². The van der Waals surface area contributed by atoms with Gasteiger partial charge in [0.05, 0.1) is 6.10 Å². The molecule has 5 aliphatic rings. The summed E-state index contributed by atoms with van der Waals surface area (Å²) >= 11 is 0. The second-order valence-corrected chi connectivity index (χ2v) is 15.0. The van der Waals surface area contributed by atoms with Crippen LogP contribution in [0.2, 0.25) is 0 Å². The predicted octanol–water partition coefficient (Wildman–Crippen LogP) is 7.35. The molecule has 0 saturated heterocycles. The van der Waals surface area contributed by atoms with Crippen molar-refractivity contribution in [2.45, 2.75) is 119 Å². The number of allylic oxidation sites excluding steroid dienone is 2. The summed E-state index contributed by atoms with van der Waals surface area (Å²) in [5.74, 6) is 1.79. The molecule has 0 aliphatic heterocycles. The number of aliphatic hydroxyl groups is 1. The lowest BCUT2D eigenvalue weighted by Gasteiger charge is -2.70. The second-order valence-electron chi connectivity index (χ2n) is 15.0. The Morgan fingerprint density at radius 3 is 2.09 bits per heavy atom. The first kappa shape index (κ1) is 23.1. The van der Waals surface area contributed by atoms with Crippen molar-refractivity contribution in [2.75, 3.05) is 0 Å². The van der Waals surface area contributed by atoms with E-state index in [0.717, 1.165) is 19.3 Å². The van der Waals surface area contributed by atoms with Crippen LogP contribution in [-0.2, 0) is 4.79 Å². The summed E-state index contributed by atoms with van der Waals surface area (Å²) in [5.41, 5.74) is 2.66. The molecule has 0 amide bonds. The molecular weight excluding hydrogens is 392 g/mol. The zero-order chi connectivity index (χ0) is 23.4. The van der Waals surface area contributed by atoms with Crippen LogP contribution in [0, 0.1) is 50.2 Å². The average molecular weight is 441 g/mol. The van der Waals surface area contributed by atoms with Gasteiger partial charge < -0.3 is 9.90 Å². The molecule has 0 spiro atoms. The number of hydrogen-bond acceptors (Lipinski definition) is 2. The highest BCUT2D eigenvalue weighted by molar-refractivity contribution is 5.63. The van der Waals surface area contributed by atoms with Gasteiger partial charge in [0.15, 0.2) is 0 Å². The van der Waals surface area contributed by atoms with Crippen LogP contribution in [0.1, 0.15) is 113 Å². The lowest BCUT2D eigenvalue weighted by atomic mass is 9.34. The van der Waals surface area contributed by atoms with Crippen LogP contribution in [-0.4, -0.2) is 17.5 Å². The van der Waals surface area contributed by atoms with Crippen LogP contribution < -0.4 is 0 Å². The molecule has 0 radical (unpaired) electrons. The lowest BCUT2D eigenvalue weighted by Crippen LogP contribution is -2.63. The van der Waals surface area contributed by atoms with Crippen molar-refractivity contribution in [1.29, 1.82) is 0 Å². The Morgan fingerprint density at radius 1 is 0.812 bits per heavy atom. The molecule has 32 heavy (non-hydrogen) atoms. The maximum Gasteiger partial charge on any atom is 0.126 e. The van der Waals surface area contributed by atoms with Gasteiger partial charge in [-0.05, 0) is 109 Å². The molecule has 1 N–H and O–H groups in total. The van der Waals surface area contributed by atoms with Crippen molar-refractivity contribution < 1.29 is 9.90 Å². The first-order valence-corrected chi connectivity index (χ1v) is 13.6. The Hall–Kier alpha value is -0.630. The first-order chi connectivity index (χ1) is 14.8. The van der Waals surface area contributed by atoms with E-state index in [4.69, 9.17) is 0 Å². The van der Waals surface area contributed by atoms with Gasteiger partial charge in [0.25, 0.3) is 0 Å². The first-order valence-electron chi connectivity index (χ1n) is 13.6. The van der Waals surface area contributed by atoms with Gasteiger partial charge in [-0.25, -0.2) is 0 Å². The Bertz CT molecular complexity index is 838. The highest BCUT2D eigenvalue weighted by atomic mass is 16.3. The molecule has 180 valence electrons. The minimum absolute atomic E-state index is 0.0100. The van der Waals surface area contributed by atoms with Crippen molar-refractivity contribution in [2.24, 2.45) is 50.2 Å². The molecular formula is C30H48O2. The van der Waals surface area contributed by atoms with Crippen LogP contribution >= 0.6 is 0 Å². The van der Waals surface area contributed by atoms with E-state index < -0.39 is 0 Å². The molecule has 5 aliphatic carbocycles. The smallest absolute Gasteiger partial charge is 0.126 e. The SMILES string of the molecule is CC1(C)CC[C@]2(C=O)CC=C3[C@]4(C)CC[C@H]5C(C)(C)[C@@H](O)CC[C@]5(C)[C@@H]4CC[C@@]3(C)[C@@H]2C1. The van der Waals surface area contributed by atoms with Gasteiger partial charge in [-0.2, -0.15) is 0 Å². The molecule has 0 aromatic rings. The second kappa shape index (κ2) is 6.73. The fourth-order valence-electron chi connectivity index (χ4n) is 10.8. The molecule has 0 aromatic carbocycles. The van der Waals surface area contributed by atoms with Gasteiger partial charge in [-0.3, -0.25) is 0 Å². The monoisotopic (exact) mass is 440 g/mol. The van der Waals surface area contributed by atoms with E-state index in [-0.39, 0.29) is 27.8 Å². The van der Waals surface area contributed by atoms with Crippen LogP contribution in [0.4, 0.5) is 0 Å². The van der Waals surface area contributed by atoms with Crippen molar-refractivity contribution in [1.82, 2.24) is 0 Å². The quantitative estimate of drug-likeness (QED) is 0.342. The lowest BCUT2D eigenvalue weighted by molar-refractivity contribution is -0.184. The van der Waals surface area contributed by atoms with Crippen molar-refractivity contribution >= 4 is 6.29 Å². The van der Waals surface area contributed by atoms with Crippen LogP contribution in [0.3, 0.4) is 0 Å². The third kappa shape index (κ3) is 2.77. The maximum atomic E-state index is 12.6. The van der Waals surface area contributed by atoms with E-state index >= 15 is 0 Å². The minimum atomic E-state index is -0.162. The number of carbonyl (C=O) groups excluding carboxylic acids is 1. The Kier molecular flexibility index (Phi) is 4.87. The molecule has 8 atom stereocenters. The van der Waals surface area contributed by atoms with Gasteiger partial charge in [-0.1, -0.05) is 60.1 Å². The molecule has 0 unspecified atom stereocenters. The van der Waals surface area contributed by atoms with Crippen LogP contribution in [0.5, 0.6) is 0 Å². The summed E-state index contributed by atoms with van der Waals surface area (Å²) < 4.78 is 0. The van der Waals surface area contributed by atoms with Gasteiger partial charge in [0.1, 0.15) is 6.29 Å². The van der Waals surface area contributed by atoms with E-state index in [1.165, 1.54) is 51.2 Å². The zero-order valence-corrected chi connectivity index (χ0v) is 21.9. The molecule has 5 rings (SSSR count). The van der Waals surface area contributed by atoms with Gasteiger partial charge in [-0.15, -0.1) is 0 Å². The number of rotatable bonds is 1. The van der Waals surface area contributed by atoms with Crippen molar-refractivity contribution in [3.8, 4) is 0 Å². The standard InChI is InChI=1S/C30H48O2/c1-25(2)16-17-30(19-31)15-10-22-28(6)12-8-20-26(3,4)24(32)11-14-27(20,5)21(28)9-13-29(22,7)23(30)18-25/h10,19-21,23-24,32H,8-9,11-18H2,1-7H3/t20-,21-,23-,24-,27-,28+,29+,30-/m0/s1. The normalized spacial score (nSPS) is 53.7. The predicted molar refractivity (Wildman–Crippen MR) is 131 cm³/mol. The van der Waals surface area contributed by atoms with Gasteiger partial charge in [0.2, 0.25) is 0 Å². The fourth-order valence-corrected chi connectivity index (χ4v) is 10.8. The maximum absolute atomic E-state index is 12.6. The summed E-state index contributed by atoms with van der Waals surface area (Å²) in [6.07, 6.45) is 15.3. The average Bonchev–Trinajstić information content (AvgIpc) is 2.71. The topological polar surface area (TPSA) is 37.3 Å². The molecule has 4 saturated carbocycles. The van der Waals surface area contributed by atoms with Crippen LogP contribution in [0.15, 0.2) is 11.6 Å². The van der Waals surface area contributed by atoms with Crippen LogP contribution in [0.25, 0.3) is 0 Å². The third-order valence-electron chi connectivity index (χ3n) is 12.6. The number of carbonyl (C=O) groups is 1. The summed E-state index contributed by atoms with van der Waals surface area (Å²) in [7, 11) is 0. The number of aldehydes is 1. The Balaban J connectivity index is 1.57. The highest BCUT2D eigenvalue weighted by Gasteiger charge is 2.67. The largest absolute Gasteiger partial charge is 0.393 e. The zero-order valence-electron chi connectivity index (χ0n) is 21.9. The Labute approximate surface area is 197 Å². The third-order valence-corrected chi connectivity index (χ3v) is 12.6. The summed E-state index contributed by atoms with van der Waals surface area (Å²) in [6.45, 7) is 17.2. The molecule has 0 aromatic heterocycles. The van der Waals surface area contributed by atoms with Crippen molar-refractivity contribution in [3.63, 3.8) is 0 Å². The van der Waals surface area contributed by atoms with Gasteiger partial charge in [0, 0.05) is 5.41 Å². The molecule has 2 nitrogen and oxygen atoms in total. The highest BCUT2D eigenvalue weighted by Crippen LogP contribution is 2.74. The summed E-state index contributed by atoms with van der Waals surface area (Å²) in [4.78, 5) is 12.6. The van der Waals surface area contributed by atoms with Crippen molar-refractivity contribution in [3.05, 3.63) is 11.6 Å². The molecule has 0 bridgehead atoms. The molecule has 4 fully saturated rings. The van der Waals surface area contributed by atoms with E-state index in [2.05, 4.69) is 54.5 Å². The Morgan fingerprint density at radius 2 is 1.44 bits per heavy atom. The molecule has 2 heteroatoms. The number of fused-ring (bicyclic) bond motifs is 7. The minimum Gasteiger partial charge on any atom is -0.393 e. The summed E-state index contributed by atoms with van der Waals surface area (Å²) in [6, 6.07) is 0. The fraction of sp³-hybridized carbons (Fsp3) is 0.900. The van der Waals surface area contributed by atoms with E-state index in [1.54, 1.807) is 5.57 Å². The number of hydrogen-bond donors (Lipinski definition) is 1. The van der Waals surface area contributed by atoms with E-state index in [0.29, 0.717) is 28.6 Å². The summed E-state index contributed by atoms with van der Waals surface area (Å²) in [5, 5.41) is 10.9.